The van der Waals surface area contributed by atoms with Gasteiger partial charge in [0.1, 0.15) is 24.4 Å². The van der Waals surface area contributed by atoms with Crippen LogP contribution >= 0.6 is 15.9 Å². The number of benzene rings is 1. The van der Waals surface area contributed by atoms with Crippen LogP contribution in [0.3, 0.4) is 0 Å². The van der Waals surface area contributed by atoms with Gasteiger partial charge in [-0.15, -0.1) is 0 Å². The Balaban J connectivity index is 1.53. The zero-order valence-corrected chi connectivity index (χ0v) is 28.2. The third-order valence-corrected chi connectivity index (χ3v) is 10.2. The number of carbonyl (C=O) groups is 4. The largest absolute Gasteiger partial charge is 0.463 e. The number of aliphatic hydroxyl groups is 1. The van der Waals surface area contributed by atoms with Crippen LogP contribution in [0.15, 0.2) is 53.0 Å². The zero-order valence-electron chi connectivity index (χ0n) is 26.6. The van der Waals surface area contributed by atoms with Crippen molar-refractivity contribution in [2.24, 2.45) is 11.8 Å². The van der Waals surface area contributed by atoms with E-state index in [1.165, 1.54) is 0 Å². The number of esters is 1. The number of carbonyl (C=O) groups excluding carboxylic acids is 4. The minimum absolute atomic E-state index is 0.0520. The molecule has 1 aromatic rings. The van der Waals surface area contributed by atoms with Gasteiger partial charge in [-0.25, -0.2) is 0 Å². The number of fused-ring (bicyclic) bond motifs is 2. The van der Waals surface area contributed by atoms with E-state index < -0.39 is 35.6 Å². The number of nitrogens with zero attached hydrogens (tertiary/aromatic N) is 2. The lowest BCUT2D eigenvalue weighted by molar-refractivity contribution is -0.148. The van der Waals surface area contributed by atoms with Crippen LogP contribution in [-0.2, 0) is 28.7 Å². The molecule has 46 heavy (non-hydrogen) atoms. The molecular weight excluding hydrogens is 654 g/mol. The van der Waals surface area contributed by atoms with E-state index in [4.69, 9.17) is 9.47 Å². The highest BCUT2D eigenvalue weighted by molar-refractivity contribution is 9.11. The number of aliphatic hydroxyl groups excluding tert-OH is 1. The average Bonchev–Trinajstić information content (AvgIpc) is 3.64. The lowest BCUT2D eigenvalue weighted by atomic mass is 9.74. The Morgan fingerprint density at radius 3 is 2.50 bits per heavy atom. The topological polar surface area (TPSA) is 125 Å². The number of halogens is 1. The zero-order chi connectivity index (χ0) is 32.7. The molecule has 11 heteroatoms. The van der Waals surface area contributed by atoms with Crippen molar-refractivity contribution in [2.75, 3.05) is 32.8 Å². The predicted molar refractivity (Wildman–Crippen MR) is 175 cm³/mol. The lowest BCUT2D eigenvalue weighted by Crippen LogP contribution is -2.56. The second kappa shape index (κ2) is 15.7. The second-order valence-corrected chi connectivity index (χ2v) is 13.6. The molecule has 250 valence electrons. The molecule has 4 aliphatic rings. The molecule has 2 fully saturated rings. The molecule has 0 saturated carbocycles. The van der Waals surface area contributed by atoms with Gasteiger partial charge in [0.15, 0.2) is 0 Å². The van der Waals surface area contributed by atoms with E-state index in [-0.39, 0.29) is 43.3 Å². The predicted octanol–water partition coefficient (Wildman–Crippen LogP) is 4.18. The molecule has 4 aliphatic heterocycles. The molecule has 1 spiro atoms. The van der Waals surface area contributed by atoms with E-state index in [9.17, 15) is 24.3 Å². The van der Waals surface area contributed by atoms with Crippen molar-refractivity contribution in [3.63, 3.8) is 0 Å². The summed E-state index contributed by atoms with van der Waals surface area (Å²) in [7, 11) is 0. The smallest absolute Gasteiger partial charge is 0.306 e. The van der Waals surface area contributed by atoms with Crippen LogP contribution in [0.25, 0.3) is 0 Å². The highest BCUT2D eigenvalue weighted by atomic mass is 79.9. The summed E-state index contributed by atoms with van der Waals surface area (Å²) in [6.45, 7) is 3.38. The number of rotatable bonds is 11. The van der Waals surface area contributed by atoms with Crippen molar-refractivity contribution in [2.45, 2.75) is 88.5 Å². The van der Waals surface area contributed by atoms with E-state index in [1.807, 2.05) is 48.6 Å². The summed E-state index contributed by atoms with van der Waals surface area (Å²) in [5, 5.41) is 12.3. The number of amides is 3. The Bertz CT molecular complexity index is 1320. The normalized spacial score (nSPS) is 30.7. The molecule has 3 amide bonds. The number of nitrogens with one attached hydrogen (secondary N) is 1. The summed E-state index contributed by atoms with van der Waals surface area (Å²) in [6, 6.07) is 7.75. The first kappa shape index (κ1) is 34.3. The highest BCUT2D eigenvalue weighted by Crippen LogP contribution is 2.58. The number of likely N-dealkylation sites (tertiary alicyclic amines) is 1. The third kappa shape index (κ3) is 7.11. The van der Waals surface area contributed by atoms with E-state index in [0.717, 1.165) is 37.7 Å². The minimum Gasteiger partial charge on any atom is -0.463 e. The molecule has 0 unspecified atom stereocenters. The van der Waals surface area contributed by atoms with Crippen LogP contribution < -0.4 is 5.32 Å². The molecule has 5 bridgehead atoms. The fourth-order valence-electron chi connectivity index (χ4n) is 7.24. The number of hydrogen-bond donors (Lipinski definition) is 2. The molecule has 2 N–H and O–H groups in total. The van der Waals surface area contributed by atoms with E-state index >= 15 is 0 Å². The summed E-state index contributed by atoms with van der Waals surface area (Å²) in [6.07, 6.45) is 11.3. The Morgan fingerprint density at radius 2 is 1.74 bits per heavy atom. The minimum atomic E-state index is -1.29. The molecule has 0 aromatic heterocycles. The number of hydrogen-bond acceptors (Lipinski definition) is 7. The maximum Gasteiger partial charge on any atom is 0.306 e. The summed E-state index contributed by atoms with van der Waals surface area (Å²) >= 11 is 3.63. The summed E-state index contributed by atoms with van der Waals surface area (Å²) in [4.78, 5) is 59.4. The second-order valence-electron chi connectivity index (χ2n) is 12.7. The van der Waals surface area contributed by atoms with Gasteiger partial charge in [-0.1, -0.05) is 91.0 Å². The molecule has 6 atom stereocenters. The molecule has 0 aliphatic carbocycles. The van der Waals surface area contributed by atoms with Crippen molar-refractivity contribution in [1.29, 1.82) is 0 Å². The van der Waals surface area contributed by atoms with Crippen molar-refractivity contribution in [3.8, 4) is 0 Å². The van der Waals surface area contributed by atoms with Crippen molar-refractivity contribution >= 4 is 39.6 Å². The maximum atomic E-state index is 14.6. The molecule has 10 nitrogen and oxygen atoms in total. The number of cyclic esters (lactones) is 1. The molecular formula is C35H46BrN3O7. The fourth-order valence-corrected chi connectivity index (χ4v) is 7.98. The Labute approximate surface area is 279 Å². The van der Waals surface area contributed by atoms with Crippen LogP contribution in [-0.4, -0.2) is 89.2 Å². The Kier molecular flexibility index (Phi) is 11.7. The van der Waals surface area contributed by atoms with Crippen LogP contribution in [0.5, 0.6) is 0 Å². The SMILES string of the molecule is CCCCCN1C/C=C\CCC(=O)OC[C@@H](c2ccccc2)NC(=O)[C@@H]2[C@H]3O[C@@]4(C=C3Br)[C@H](C1=O)N(CCCCCCO)C(=O)[C@@H]24. The standard InChI is InChI=1S/C35H46BrN3O7/c1-2-3-11-18-38-19-12-7-10-17-27(41)45-23-26(24-15-8-6-9-16-24)37-32(42)28-29-33(43)39(20-13-4-5-14-21-40)31(34(38)44)35(29)22-25(36)30(28)46-35/h6-9,12,15-16,22,26,28-31,40H,2-5,10-11,13-14,17-21,23H2,1H3,(H,37,42)/b12-7-/t26-,28-,29+,30-,31-,35+/m0/s1. The monoisotopic (exact) mass is 699 g/mol. The summed E-state index contributed by atoms with van der Waals surface area (Å²) < 4.78 is 12.9. The van der Waals surface area contributed by atoms with Crippen LogP contribution in [0.2, 0.25) is 0 Å². The molecule has 0 radical (unpaired) electrons. The molecule has 5 rings (SSSR count). The first-order valence-corrected chi connectivity index (χ1v) is 17.5. The Morgan fingerprint density at radius 1 is 0.978 bits per heavy atom. The highest BCUT2D eigenvalue weighted by Gasteiger charge is 2.74. The third-order valence-electron chi connectivity index (χ3n) is 9.55. The van der Waals surface area contributed by atoms with Gasteiger partial charge >= 0.3 is 5.97 Å². The van der Waals surface area contributed by atoms with Crippen LogP contribution in [0, 0.1) is 11.8 Å². The van der Waals surface area contributed by atoms with Gasteiger partial charge < -0.3 is 29.7 Å². The van der Waals surface area contributed by atoms with E-state index in [2.05, 4.69) is 28.2 Å². The number of allylic oxidation sites excluding steroid dienone is 1. The van der Waals surface area contributed by atoms with E-state index in [0.29, 0.717) is 43.4 Å². The number of ether oxygens (including phenoxy) is 2. The van der Waals surface area contributed by atoms with Crippen molar-refractivity contribution in [1.82, 2.24) is 15.1 Å². The maximum absolute atomic E-state index is 14.6. The Hall–Kier alpha value is -3.02. The quantitative estimate of drug-likeness (QED) is 0.202. The van der Waals surface area contributed by atoms with Gasteiger partial charge in [0.25, 0.3) is 0 Å². The molecule has 1 aromatic carbocycles. The van der Waals surface area contributed by atoms with Crippen molar-refractivity contribution < 1.29 is 33.8 Å². The summed E-state index contributed by atoms with van der Waals surface area (Å²) in [5.74, 6) is -2.98. The lowest BCUT2D eigenvalue weighted by Gasteiger charge is -2.36. The number of unbranched alkanes of at least 4 members (excludes halogenated alkanes) is 5. The first-order chi connectivity index (χ1) is 22.3. The van der Waals surface area contributed by atoms with Gasteiger partial charge in [0.05, 0.1) is 17.9 Å². The van der Waals surface area contributed by atoms with Gasteiger partial charge in [-0.2, -0.15) is 0 Å². The van der Waals surface area contributed by atoms with Crippen molar-refractivity contribution in [3.05, 3.63) is 58.6 Å². The van der Waals surface area contributed by atoms with Gasteiger partial charge in [0.2, 0.25) is 17.7 Å². The van der Waals surface area contributed by atoms with Crippen LogP contribution in [0.4, 0.5) is 0 Å². The summed E-state index contributed by atoms with van der Waals surface area (Å²) in [5.41, 5.74) is -0.520. The fraction of sp³-hybridized carbons (Fsp3) is 0.600. The van der Waals surface area contributed by atoms with Crippen LogP contribution in [0.1, 0.15) is 76.3 Å². The van der Waals surface area contributed by atoms with Gasteiger partial charge in [-0.3, -0.25) is 19.2 Å². The first-order valence-electron chi connectivity index (χ1n) is 16.7. The molecule has 2 saturated heterocycles. The average molecular weight is 701 g/mol. The van der Waals surface area contributed by atoms with E-state index in [1.54, 1.807) is 9.80 Å². The molecule has 4 heterocycles. The van der Waals surface area contributed by atoms with Gasteiger partial charge in [-0.05, 0) is 37.3 Å². The van der Waals surface area contributed by atoms with Gasteiger partial charge in [0, 0.05) is 37.1 Å².